The smallest absolute Gasteiger partial charge is 0.340 e. The molecular weight excluding hydrogens is 338 g/mol. The van der Waals surface area contributed by atoms with Gasteiger partial charge in [-0.05, 0) is 11.6 Å². The third kappa shape index (κ3) is 3.53. The summed E-state index contributed by atoms with van der Waals surface area (Å²) >= 11 is 0. The molecule has 134 valence electrons. The first-order valence-electron chi connectivity index (χ1n) is 8.97. The second-order valence-electron chi connectivity index (χ2n) is 6.61. The van der Waals surface area contributed by atoms with Crippen LogP contribution in [0.3, 0.4) is 0 Å². The van der Waals surface area contributed by atoms with Crippen LogP contribution in [0.5, 0.6) is 0 Å². The second-order valence-corrected chi connectivity index (χ2v) is 6.61. The predicted octanol–water partition coefficient (Wildman–Crippen LogP) is 3.47. The Morgan fingerprint density at radius 1 is 1.15 bits per heavy atom. The maximum atomic E-state index is 12.7. The third-order valence-corrected chi connectivity index (χ3v) is 4.85. The Morgan fingerprint density at radius 2 is 1.93 bits per heavy atom. The van der Waals surface area contributed by atoms with Gasteiger partial charge in [0.15, 0.2) is 6.61 Å². The van der Waals surface area contributed by atoms with Crippen LogP contribution in [0.15, 0.2) is 54.6 Å². The third-order valence-electron chi connectivity index (χ3n) is 4.85. The summed E-state index contributed by atoms with van der Waals surface area (Å²) < 4.78 is 5.16. The molecule has 0 saturated heterocycles. The van der Waals surface area contributed by atoms with E-state index in [1.165, 1.54) is 5.56 Å². The Labute approximate surface area is 157 Å². The van der Waals surface area contributed by atoms with E-state index in [9.17, 15) is 4.79 Å². The zero-order valence-corrected chi connectivity index (χ0v) is 14.9. The summed E-state index contributed by atoms with van der Waals surface area (Å²) in [4.78, 5) is 19.8. The van der Waals surface area contributed by atoms with Gasteiger partial charge >= 0.3 is 5.97 Å². The molecule has 0 bridgehead atoms. The molecule has 5 heteroatoms. The fourth-order valence-electron chi connectivity index (χ4n) is 3.63. The zero-order valence-electron chi connectivity index (χ0n) is 14.9. The molecule has 4 rings (SSSR count). The van der Waals surface area contributed by atoms with Crippen LogP contribution in [0.2, 0.25) is 0 Å². The van der Waals surface area contributed by atoms with Gasteiger partial charge < -0.3 is 4.74 Å². The predicted molar refractivity (Wildman–Crippen MR) is 102 cm³/mol. The first-order valence-corrected chi connectivity index (χ1v) is 8.97. The molecule has 0 fully saturated rings. The number of nitriles is 1. The summed E-state index contributed by atoms with van der Waals surface area (Å²) in [5.41, 5.74) is 4.43. The number of hydrogen-bond acceptors (Lipinski definition) is 5. The molecule has 0 atom stereocenters. The maximum Gasteiger partial charge on any atom is 0.340 e. The van der Waals surface area contributed by atoms with Crippen molar-refractivity contribution in [2.75, 3.05) is 13.2 Å². The van der Waals surface area contributed by atoms with Crippen molar-refractivity contribution in [3.8, 4) is 6.07 Å². The van der Waals surface area contributed by atoms with Crippen LogP contribution in [0, 0.1) is 11.3 Å². The quantitative estimate of drug-likeness (QED) is 0.669. The molecule has 0 radical (unpaired) electrons. The summed E-state index contributed by atoms with van der Waals surface area (Å²) in [6, 6.07) is 19.8. The van der Waals surface area contributed by atoms with Gasteiger partial charge in [-0.15, -0.1) is 0 Å². The van der Waals surface area contributed by atoms with Crippen molar-refractivity contribution in [2.45, 2.75) is 19.5 Å². The normalized spacial score (nSPS) is 13.7. The van der Waals surface area contributed by atoms with Gasteiger partial charge in [0, 0.05) is 42.7 Å². The van der Waals surface area contributed by atoms with Crippen LogP contribution >= 0.6 is 0 Å². The average molecular weight is 357 g/mol. The average Bonchev–Trinajstić information content (AvgIpc) is 2.71. The highest BCUT2D eigenvalue weighted by Gasteiger charge is 2.26. The number of ether oxygens (including phenoxy) is 1. The molecule has 1 aliphatic rings. The van der Waals surface area contributed by atoms with Crippen LogP contribution in [-0.2, 0) is 24.2 Å². The highest BCUT2D eigenvalue weighted by molar-refractivity contribution is 6.05. The first kappa shape index (κ1) is 17.2. The highest BCUT2D eigenvalue weighted by Crippen LogP contribution is 2.29. The summed E-state index contributed by atoms with van der Waals surface area (Å²) in [6.07, 6.45) is 0.783. The summed E-state index contributed by atoms with van der Waals surface area (Å²) in [7, 11) is 0. The molecule has 0 spiro atoms. The van der Waals surface area contributed by atoms with E-state index in [0.29, 0.717) is 12.1 Å². The molecule has 0 unspecified atom stereocenters. The Balaban J connectivity index is 1.73. The largest absolute Gasteiger partial charge is 0.447 e. The number of benzene rings is 2. The van der Waals surface area contributed by atoms with Gasteiger partial charge in [-0.2, -0.15) is 5.26 Å². The number of nitrogens with zero attached hydrogens (tertiary/aromatic N) is 3. The number of hydrogen-bond donors (Lipinski definition) is 0. The Hall–Kier alpha value is -3.23. The number of carbonyl (C=O) groups excluding carboxylic acids is 1. The summed E-state index contributed by atoms with van der Waals surface area (Å²) in [6.45, 7) is 2.09. The van der Waals surface area contributed by atoms with Gasteiger partial charge in [-0.3, -0.25) is 9.88 Å². The Kier molecular flexibility index (Phi) is 4.82. The van der Waals surface area contributed by atoms with Gasteiger partial charge in [0.05, 0.1) is 11.1 Å². The van der Waals surface area contributed by atoms with E-state index in [0.717, 1.165) is 41.7 Å². The maximum absolute atomic E-state index is 12.7. The lowest BCUT2D eigenvalue weighted by atomic mass is 9.95. The topological polar surface area (TPSA) is 66.2 Å². The number of aromatic nitrogens is 1. The molecule has 0 amide bonds. The molecule has 5 nitrogen and oxygen atoms in total. The Morgan fingerprint density at radius 3 is 2.74 bits per heavy atom. The van der Waals surface area contributed by atoms with Crippen LogP contribution < -0.4 is 0 Å². The SMILES string of the molecule is N#CCOC(=O)c1c2c(nc3ccccc13)CCN(Cc1ccccc1)C2. The van der Waals surface area contributed by atoms with Crippen molar-refractivity contribution in [2.24, 2.45) is 0 Å². The molecule has 1 aliphatic heterocycles. The number of para-hydroxylation sites is 1. The minimum Gasteiger partial charge on any atom is -0.447 e. The number of pyridine rings is 1. The van der Waals surface area contributed by atoms with Gasteiger partial charge in [-0.25, -0.2) is 4.79 Å². The van der Waals surface area contributed by atoms with Crippen LogP contribution in [-0.4, -0.2) is 29.0 Å². The minimum atomic E-state index is -0.451. The molecule has 1 aromatic heterocycles. The summed E-state index contributed by atoms with van der Waals surface area (Å²) in [5.74, 6) is -0.451. The van der Waals surface area contributed by atoms with Crippen molar-refractivity contribution in [1.82, 2.24) is 9.88 Å². The van der Waals surface area contributed by atoms with E-state index in [4.69, 9.17) is 15.0 Å². The first-order chi connectivity index (χ1) is 13.3. The second kappa shape index (κ2) is 7.56. The molecule has 0 saturated carbocycles. The number of carbonyl (C=O) groups is 1. The van der Waals surface area contributed by atoms with Crippen molar-refractivity contribution in [3.05, 3.63) is 77.0 Å². The fourth-order valence-corrected chi connectivity index (χ4v) is 3.63. The molecule has 2 aromatic carbocycles. The van der Waals surface area contributed by atoms with Crippen LogP contribution in [0.25, 0.3) is 10.9 Å². The lowest BCUT2D eigenvalue weighted by Gasteiger charge is -2.30. The minimum absolute atomic E-state index is 0.252. The van der Waals surface area contributed by atoms with Gasteiger partial charge in [0.1, 0.15) is 6.07 Å². The van der Waals surface area contributed by atoms with Crippen molar-refractivity contribution < 1.29 is 9.53 Å². The highest BCUT2D eigenvalue weighted by atomic mass is 16.5. The van der Waals surface area contributed by atoms with Gasteiger partial charge in [0.2, 0.25) is 0 Å². The fraction of sp³-hybridized carbons (Fsp3) is 0.227. The molecule has 0 N–H and O–H groups in total. The summed E-state index contributed by atoms with van der Waals surface area (Å²) in [5, 5.41) is 9.55. The van der Waals surface area contributed by atoms with E-state index in [1.807, 2.05) is 48.5 Å². The molecule has 0 aliphatic carbocycles. The van der Waals surface area contributed by atoms with Crippen molar-refractivity contribution >= 4 is 16.9 Å². The van der Waals surface area contributed by atoms with Crippen LogP contribution in [0.4, 0.5) is 0 Å². The van der Waals surface area contributed by atoms with Gasteiger partial charge in [-0.1, -0.05) is 48.5 Å². The number of esters is 1. The van der Waals surface area contributed by atoms with Crippen molar-refractivity contribution in [3.63, 3.8) is 0 Å². The molecule has 2 heterocycles. The van der Waals surface area contributed by atoms with Crippen molar-refractivity contribution in [1.29, 1.82) is 5.26 Å². The number of fused-ring (bicyclic) bond motifs is 2. The van der Waals surface area contributed by atoms with E-state index in [2.05, 4.69) is 17.0 Å². The lowest BCUT2D eigenvalue weighted by molar-refractivity contribution is 0.0553. The van der Waals surface area contributed by atoms with Gasteiger partial charge in [0.25, 0.3) is 0 Å². The van der Waals surface area contributed by atoms with E-state index < -0.39 is 5.97 Å². The standard InChI is InChI=1S/C22H19N3O2/c23-11-13-27-22(26)21-17-8-4-5-9-19(17)24-20-10-12-25(15-18(20)21)14-16-6-2-1-3-7-16/h1-9H,10,12-15H2. The van der Waals surface area contributed by atoms with E-state index in [1.54, 1.807) is 0 Å². The van der Waals surface area contributed by atoms with Crippen LogP contribution in [0.1, 0.15) is 27.2 Å². The Bertz CT molecular complexity index is 1020. The molecule has 27 heavy (non-hydrogen) atoms. The lowest BCUT2D eigenvalue weighted by Crippen LogP contribution is -2.32. The molecule has 3 aromatic rings. The zero-order chi connectivity index (χ0) is 18.6. The molecular formula is C22H19N3O2. The van der Waals surface area contributed by atoms with E-state index in [-0.39, 0.29) is 6.61 Å². The van der Waals surface area contributed by atoms with E-state index >= 15 is 0 Å². The number of rotatable bonds is 4. The monoisotopic (exact) mass is 357 g/mol.